The van der Waals surface area contributed by atoms with Crippen molar-refractivity contribution in [1.29, 1.82) is 0 Å². The lowest BCUT2D eigenvalue weighted by atomic mass is 10.2. The Kier molecular flexibility index (Phi) is 3.09. The minimum atomic E-state index is -0.399. The Morgan fingerprint density at radius 2 is 2.24 bits per heavy atom. The van der Waals surface area contributed by atoms with E-state index in [1.807, 2.05) is 13.0 Å². The topological polar surface area (TPSA) is 68.3 Å². The third kappa shape index (κ3) is 2.63. The van der Waals surface area contributed by atoms with Crippen LogP contribution >= 0.6 is 0 Å². The normalized spacial score (nSPS) is 10.2. The average Bonchev–Trinajstić information content (AvgIpc) is 2.78. The summed E-state index contributed by atoms with van der Waals surface area (Å²) in [6.07, 6.45) is 1.57. The van der Waals surface area contributed by atoms with E-state index in [1.165, 1.54) is 6.07 Å². The zero-order valence-electron chi connectivity index (χ0n) is 9.34. The van der Waals surface area contributed by atoms with Gasteiger partial charge in [-0.25, -0.2) is 0 Å². The van der Waals surface area contributed by atoms with E-state index < -0.39 is 4.92 Å². The number of nitrogens with zero attached hydrogens (tertiary/aromatic N) is 1. The second kappa shape index (κ2) is 4.69. The highest BCUT2D eigenvalue weighted by atomic mass is 16.6. The Morgan fingerprint density at radius 1 is 1.41 bits per heavy atom. The lowest BCUT2D eigenvalue weighted by Gasteiger charge is -2.06. The van der Waals surface area contributed by atoms with Gasteiger partial charge in [-0.3, -0.25) is 10.1 Å². The molecule has 5 nitrogen and oxygen atoms in total. The van der Waals surface area contributed by atoms with Crippen molar-refractivity contribution >= 4 is 11.4 Å². The van der Waals surface area contributed by atoms with Crippen LogP contribution in [0.4, 0.5) is 11.4 Å². The van der Waals surface area contributed by atoms with Crippen LogP contribution in [0.5, 0.6) is 0 Å². The van der Waals surface area contributed by atoms with E-state index in [4.69, 9.17) is 4.42 Å². The Balaban J connectivity index is 2.19. The molecular formula is C12H12N2O3. The number of aryl methyl sites for hydroxylation is 1. The molecule has 0 unspecified atom stereocenters. The van der Waals surface area contributed by atoms with E-state index in [0.29, 0.717) is 12.2 Å². The van der Waals surface area contributed by atoms with Gasteiger partial charge in [0.15, 0.2) is 0 Å². The summed E-state index contributed by atoms with van der Waals surface area (Å²) in [6, 6.07) is 8.56. The summed E-state index contributed by atoms with van der Waals surface area (Å²) in [4.78, 5) is 10.4. The SMILES string of the molecule is Cc1ccc([N+](=O)[O-])c(NCc2ccco2)c1. The van der Waals surface area contributed by atoms with Gasteiger partial charge >= 0.3 is 0 Å². The predicted molar refractivity (Wildman–Crippen MR) is 63.9 cm³/mol. The third-order valence-electron chi connectivity index (χ3n) is 2.38. The van der Waals surface area contributed by atoms with Crippen LogP contribution in [0.15, 0.2) is 41.0 Å². The molecule has 0 atom stereocenters. The van der Waals surface area contributed by atoms with Crippen LogP contribution < -0.4 is 5.32 Å². The molecule has 0 spiro atoms. The first kappa shape index (κ1) is 11.2. The van der Waals surface area contributed by atoms with Crippen molar-refractivity contribution in [1.82, 2.24) is 0 Å². The standard InChI is InChI=1S/C12H12N2O3/c1-9-4-5-12(14(15)16)11(7-9)13-8-10-3-2-6-17-10/h2-7,13H,8H2,1H3. The third-order valence-corrected chi connectivity index (χ3v) is 2.38. The molecule has 1 heterocycles. The average molecular weight is 232 g/mol. The zero-order chi connectivity index (χ0) is 12.3. The van der Waals surface area contributed by atoms with E-state index in [9.17, 15) is 10.1 Å². The molecule has 1 aromatic heterocycles. The molecule has 1 N–H and O–H groups in total. The van der Waals surface area contributed by atoms with Crippen molar-refractivity contribution in [2.45, 2.75) is 13.5 Å². The van der Waals surface area contributed by atoms with E-state index in [-0.39, 0.29) is 5.69 Å². The largest absolute Gasteiger partial charge is 0.467 e. The van der Waals surface area contributed by atoms with E-state index in [0.717, 1.165) is 11.3 Å². The zero-order valence-corrected chi connectivity index (χ0v) is 9.34. The number of nitro groups is 1. The molecule has 1 aromatic carbocycles. The van der Waals surface area contributed by atoms with Gasteiger partial charge in [0.1, 0.15) is 11.4 Å². The molecule has 0 radical (unpaired) electrons. The second-order valence-corrected chi connectivity index (χ2v) is 3.71. The number of nitro benzene ring substituents is 1. The van der Waals surface area contributed by atoms with Crippen molar-refractivity contribution in [2.75, 3.05) is 5.32 Å². The van der Waals surface area contributed by atoms with Crippen molar-refractivity contribution in [3.8, 4) is 0 Å². The minimum absolute atomic E-state index is 0.0714. The summed E-state index contributed by atoms with van der Waals surface area (Å²) >= 11 is 0. The van der Waals surface area contributed by atoms with E-state index in [2.05, 4.69) is 5.32 Å². The number of hydrogen-bond acceptors (Lipinski definition) is 4. The summed E-state index contributed by atoms with van der Waals surface area (Å²) in [5.41, 5.74) is 1.55. The Hall–Kier alpha value is -2.30. The van der Waals surface area contributed by atoms with Crippen molar-refractivity contribution < 1.29 is 9.34 Å². The van der Waals surface area contributed by atoms with Gasteiger partial charge in [-0.15, -0.1) is 0 Å². The van der Waals surface area contributed by atoms with E-state index in [1.54, 1.807) is 24.5 Å². The lowest BCUT2D eigenvalue weighted by molar-refractivity contribution is -0.384. The first-order chi connectivity index (χ1) is 8.16. The molecule has 0 aliphatic rings. The van der Waals surface area contributed by atoms with Crippen LogP contribution in [0.3, 0.4) is 0 Å². The van der Waals surface area contributed by atoms with Gasteiger partial charge in [-0.2, -0.15) is 0 Å². The molecule has 88 valence electrons. The first-order valence-corrected chi connectivity index (χ1v) is 5.18. The highest BCUT2D eigenvalue weighted by Gasteiger charge is 2.13. The monoisotopic (exact) mass is 232 g/mol. The van der Waals surface area contributed by atoms with Crippen molar-refractivity contribution in [3.05, 3.63) is 58.0 Å². The quantitative estimate of drug-likeness (QED) is 0.649. The smallest absolute Gasteiger partial charge is 0.292 e. The Labute approximate surface area is 98.2 Å². The van der Waals surface area contributed by atoms with Crippen molar-refractivity contribution in [2.24, 2.45) is 0 Å². The molecule has 5 heteroatoms. The molecule has 0 amide bonds. The van der Waals surface area contributed by atoms with E-state index >= 15 is 0 Å². The minimum Gasteiger partial charge on any atom is -0.467 e. The number of nitrogens with one attached hydrogen (secondary N) is 1. The number of rotatable bonds is 4. The fraction of sp³-hybridized carbons (Fsp3) is 0.167. The fourth-order valence-corrected chi connectivity index (χ4v) is 1.55. The van der Waals surface area contributed by atoms with Gasteiger partial charge in [0.2, 0.25) is 0 Å². The first-order valence-electron chi connectivity index (χ1n) is 5.18. The van der Waals surface area contributed by atoms with Crippen LogP contribution in [0.25, 0.3) is 0 Å². The molecule has 2 aromatic rings. The molecule has 0 fully saturated rings. The number of furan rings is 1. The van der Waals surface area contributed by atoms with Crippen LogP contribution in [0.1, 0.15) is 11.3 Å². The molecular weight excluding hydrogens is 220 g/mol. The molecule has 0 bridgehead atoms. The Morgan fingerprint density at radius 3 is 2.88 bits per heavy atom. The van der Waals surface area contributed by atoms with Gasteiger partial charge in [0.05, 0.1) is 17.7 Å². The molecule has 17 heavy (non-hydrogen) atoms. The van der Waals surface area contributed by atoms with Gasteiger partial charge in [0.25, 0.3) is 5.69 Å². The molecule has 0 aliphatic carbocycles. The van der Waals surface area contributed by atoms with Crippen LogP contribution in [-0.2, 0) is 6.54 Å². The van der Waals surface area contributed by atoms with Gasteiger partial charge < -0.3 is 9.73 Å². The molecule has 0 saturated heterocycles. The van der Waals surface area contributed by atoms with Crippen LogP contribution in [0, 0.1) is 17.0 Å². The molecule has 0 aliphatic heterocycles. The van der Waals surface area contributed by atoms with Crippen LogP contribution in [0.2, 0.25) is 0 Å². The van der Waals surface area contributed by atoms with Gasteiger partial charge in [0, 0.05) is 6.07 Å². The van der Waals surface area contributed by atoms with Gasteiger partial charge in [-0.05, 0) is 30.7 Å². The second-order valence-electron chi connectivity index (χ2n) is 3.71. The van der Waals surface area contributed by atoms with Crippen molar-refractivity contribution in [3.63, 3.8) is 0 Å². The maximum atomic E-state index is 10.8. The maximum absolute atomic E-state index is 10.8. The summed E-state index contributed by atoms with van der Waals surface area (Å²) in [6.45, 7) is 2.32. The number of benzene rings is 1. The summed E-state index contributed by atoms with van der Waals surface area (Å²) in [7, 11) is 0. The number of hydrogen-bond donors (Lipinski definition) is 1. The summed E-state index contributed by atoms with van der Waals surface area (Å²) in [5, 5.41) is 13.8. The molecule has 0 saturated carbocycles. The fourth-order valence-electron chi connectivity index (χ4n) is 1.55. The van der Waals surface area contributed by atoms with Crippen LogP contribution in [-0.4, -0.2) is 4.92 Å². The lowest BCUT2D eigenvalue weighted by Crippen LogP contribution is -2.02. The van der Waals surface area contributed by atoms with Gasteiger partial charge in [-0.1, -0.05) is 6.07 Å². The maximum Gasteiger partial charge on any atom is 0.292 e. The summed E-state index contributed by atoms with van der Waals surface area (Å²) < 4.78 is 5.15. The highest BCUT2D eigenvalue weighted by Crippen LogP contribution is 2.25. The highest BCUT2D eigenvalue weighted by molar-refractivity contribution is 5.62. The molecule has 2 rings (SSSR count). The summed E-state index contributed by atoms with van der Waals surface area (Å²) in [5.74, 6) is 0.737. The Bertz CT molecular complexity index is 521. The predicted octanol–water partition coefficient (Wildman–Crippen LogP) is 3.11. The number of anilines is 1.